The largest absolute Gasteiger partial charge is 0.372 e. The molecule has 106 valence electrons. The molecule has 1 unspecified atom stereocenters. The lowest BCUT2D eigenvalue weighted by molar-refractivity contribution is 0.0886. The first-order chi connectivity index (χ1) is 10.3. The summed E-state index contributed by atoms with van der Waals surface area (Å²) < 4.78 is 10.3. The van der Waals surface area contributed by atoms with Crippen LogP contribution < -0.4 is 0 Å². The average molecular weight is 282 g/mol. The van der Waals surface area contributed by atoms with Crippen LogP contribution in [0.4, 0.5) is 0 Å². The van der Waals surface area contributed by atoms with Crippen LogP contribution in [-0.4, -0.2) is 27.2 Å². The molecule has 0 bridgehead atoms. The summed E-state index contributed by atoms with van der Waals surface area (Å²) in [5.74, 6) is 0.952. The highest BCUT2D eigenvalue weighted by Crippen LogP contribution is 2.22. The molecule has 0 aromatic carbocycles. The van der Waals surface area contributed by atoms with E-state index < -0.39 is 0 Å². The number of hydrogen-bond donors (Lipinski definition) is 0. The van der Waals surface area contributed by atoms with Crippen LogP contribution in [0.15, 0.2) is 47.4 Å². The summed E-state index contributed by atoms with van der Waals surface area (Å²) >= 11 is 0. The third kappa shape index (κ3) is 2.80. The van der Waals surface area contributed by atoms with Crippen LogP contribution in [0.2, 0.25) is 0 Å². The molecular weight excluding hydrogens is 268 g/mol. The Labute approximate surface area is 121 Å². The van der Waals surface area contributed by atoms with Crippen LogP contribution in [-0.2, 0) is 4.74 Å². The van der Waals surface area contributed by atoms with E-state index in [1.54, 1.807) is 25.7 Å². The van der Waals surface area contributed by atoms with Crippen LogP contribution in [0.5, 0.6) is 0 Å². The Hall–Kier alpha value is -2.60. The zero-order chi connectivity index (χ0) is 14.7. The van der Waals surface area contributed by atoms with E-state index in [1.165, 1.54) is 0 Å². The number of ether oxygens (including phenoxy) is 1. The summed E-state index contributed by atoms with van der Waals surface area (Å²) in [5, 5.41) is 3.94. The molecule has 1 atom stereocenters. The normalized spacial score (nSPS) is 12.3. The van der Waals surface area contributed by atoms with Gasteiger partial charge >= 0.3 is 0 Å². The number of aromatic nitrogens is 4. The maximum absolute atomic E-state index is 5.16. The highest BCUT2D eigenvalue weighted by Gasteiger charge is 2.14. The molecule has 0 aliphatic heterocycles. The minimum Gasteiger partial charge on any atom is -0.372 e. The number of hydrogen-bond acceptors (Lipinski definition) is 6. The highest BCUT2D eigenvalue weighted by molar-refractivity contribution is 5.62. The summed E-state index contributed by atoms with van der Waals surface area (Å²) in [5.41, 5.74) is 2.68. The van der Waals surface area contributed by atoms with Crippen molar-refractivity contribution in [3.8, 4) is 22.6 Å². The Morgan fingerprint density at radius 1 is 1.10 bits per heavy atom. The van der Waals surface area contributed by atoms with Crippen molar-refractivity contribution in [1.29, 1.82) is 0 Å². The van der Waals surface area contributed by atoms with Crippen molar-refractivity contribution < 1.29 is 9.26 Å². The fourth-order valence-electron chi connectivity index (χ4n) is 1.84. The number of pyridine rings is 2. The summed E-state index contributed by atoms with van der Waals surface area (Å²) in [7, 11) is 1.60. The Morgan fingerprint density at radius 2 is 1.90 bits per heavy atom. The highest BCUT2D eigenvalue weighted by atomic mass is 16.5. The molecular formula is C15H14N4O2. The first kappa shape index (κ1) is 13.4. The van der Waals surface area contributed by atoms with E-state index in [-0.39, 0.29) is 6.10 Å². The quantitative estimate of drug-likeness (QED) is 0.732. The predicted molar refractivity (Wildman–Crippen MR) is 76.2 cm³/mol. The van der Waals surface area contributed by atoms with Crippen LogP contribution in [0.1, 0.15) is 18.9 Å². The molecule has 0 radical (unpaired) electrons. The van der Waals surface area contributed by atoms with Gasteiger partial charge in [0.25, 0.3) is 5.89 Å². The smallest absolute Gasteiger partial charge is 0.255 e. The fourth-order valence-corrected chi connectivity index (χ4v) is 1.84. The molecule has 3 aromatic rings. The second-order valence-electron chi connectivity index (χ2n) is 4.50. The van der Waals surface area contributed by atoms with Crippen molar-refractivity contribution in [1.82, 2.24) is 20.1 Å². The molecule has 0 fully saturated rings. The minimum absolute atomic E-state index is 0.227. The third-order valence-electron chi connectivity index (χ3n) is 3.14. The summed E-state index contributed by atoms with van der Waals surface area (Å²) in [6.07, 6.45) is 4.97. The molecule has 3 aromatic heterocycles. The van der Waals surface area contributed by atoms with E-state index in [1.807, 2.05) is 31.2 Å². The molecule has 0 aliphatic rings. The minimum atomic E-state index is -0.227. The Kier molecular flexibility index (Phi) is 3.70. The monoisotopic (exact) mass is 282 g/mol. The Morgan fingerprint density at radius 3 is 2.57 bits per heavy atom. The lowest BCUT2D eigenvalue weighted by Crippen LogP contribution is -1.95. The molecule has 3 rings (SSSR count). The van der Waals surface area contributed by atoms with Gasteiger partial charge in [-0.1, -0.05) is 5.16 Å². The molecule has 6 nitrogen and oxygen atoms in total. The van der Waals surface area contributed by atoms with Crippen molar-refractivity contribution in [2.24, 2.45) is 0 Å². The van der Waals surface area contributed by atoms with Gasteiger partial charge in [-0.2, -0.15) is 4.98 Å². The van der Waals surface area contributed by atoms with Gasteiger partial charge in [0.05, 0.1) is 5.69 Å². The maximum Gasteiger partial charge on any atom is 0.255 e. The van der Waals surface area contributed by atoms with Crippen LogP contribution >= 0.6 is 0 Å². The van der Waals surface area contributed by atoms with Gasteiger partial charge in [-0.05, 0) is 31.2 Å². The second kappa shape index (κ2) is 5.80. The van der Waals surface area contributed by atoms with E-state index in [9.17, 15) is 0 Å². The first-order valence-corrected chi connectivity index (χ1v) is 6.51. The topological polar surface area (TPSA) is 73.9 Å². The second-order valence-corrected chi connectivity index (χ2v) is 4.50. The zero-order valence-corrected chi connectivity index (χ0v) is 11.7. The maximum atomic E-state index is 5.16. The van der Waals surface area contributed by atoms with Crippen molar-refractivity contribution in [2.45, 2.75) is 13.0 Å². The number of methoxy groups -OCH3 is 1. The van der Waals surface area contributed by atoms with Crippen molar-refractivity contribution in [3.05, 3.63) is 48.7 Å². The van der Waals surface area contributed by atoms with Crippen molar-refractivity contribution in [3.63, 3.8) is 0 Å². The molecule has 0 spiro atoms. The SMILES string of the molecule is COC(C)c1nc(-c2ccc(-c3ccncc3)nc2)no1. The molecule has 0 saturated heterocycles. The van der Waals surface area contributed by atoms with Gasteiger partial charge in [0, 0.05) is 36.8 Å². The fraction of sp³-hybridized carbons (Fsp3) is 0.200. The van der Waals surface area contributed by atoms with E-state index in [2.05, 4.69) is 20.1 Å². The van der Waals surface area contributed by atoms with Crippen molar-refractivity contribution >= 4 is 0 Å². The van der Waals surface area contributed by atoms with E-state index in [0.29, 0.717) is 11.7 Å². The van der Waals surface area contributed by atoms with Crippen LogP contribution in [0.3, 0.4) is 0 Å². The van der Waals surface area contributed by atoms with E-state index >= 15 is 0 Å². The zero-order valence-electron chi connectivity index (χ0n) is 11.7. The number of rotatable bonds is 4. The van der Waals surface area contributed by atoms with Gasteiger partial charge in [-0.3, -0.25) is 9.97 Å². The molecule has 3 heterocycles. The van der Waals surface area contributed by atoms with E-state index in [4.69, 9.17) is 9.26 Å². The van der Waals surface area contributed by atoms with Crippen molar-refractivity contribution in [2.75, 3.05) is 7.11 Å². The summed E-state index contributed by atoms with van der Waals surface area (Å²) in [4.78, 5) is 12.7. The first-order valence-electron chi connectivity index (χ1n) is 6.51. The van der Waals surface area contributed by atoms with Gasteiger partial charge in [0.1, 0.15) is 6.10 Å². The van der Waals surface area contributed by atoms with E-state index in [0.717, 1.165) is 16.8 Å². The van der Waals surface area contributed by atoms with Gasteiger partial charge in [0.2, 0.25) is 5.82 Å². The molecule has 0 aliphatic carbocycles. The Balaban J connectivity index is 1.86. The summed E-state index contributed by atoms with van der Waals surface area (Å²) in [6, 6.07) is 7.65. The Bertz CT molecular complexity index is 710. The number of nitrogens with zero attached hydrogens (tertiary/aromatic N) is 4. The summed E-state index contributed by atoms with van der Waals surface area (Å²) in [6.45, 7) is 1.85. The molecule has 21 heavy (non-hydrogen) atoms. The average Bonchev–Trinajstić information content (AvgIpc) is 3.05. The third-order valence-corrected chi connectivity index (χ3v) is 3.14. The predicted octanol–water partition coefficient (Wildman–Crippen LogP) is 2.90. The molecule has 0 saturated carbocycles. The molecule has 0 N–H and O–H groups in total. The van der Waals surface area contributed by atoms with Gasteiger partial charge in [0.15, 0.2) is 0 Å². The molecule has 6 heteroatoms. The van der Waals surface area contributed by atoms with Crippen LogP contribution in [0.25, 0.3) is 22.6 Å². The van der Waals surface area contributed by atoms with Crippen LogP contribution in [0, 0.1) is 0 Å². The van der Waals surface area contributed by atoms with Gasteiger partial charge < -0.3 is 9.26 Å². The lowest BCUT2D eigenvalue weighted by atomic mass is 10.1. The molecule has 0 amide bonds. The van der Waals surface area contributed by atoms with Gasteiger partial charge in [-0.15, -0.1) is 0 Å². The lowest BCUT2D eigenvalue weighted by Gasteiger charge is -2.01. The van der Waals surface area contributed by atoms with Gasteiger partial charge in [-0.25, -0.2) is 0 Å². The standard InChI is InChI=1S/C15H14N4O2/c1-10(20-2)15-18-14(19-21-15)12-3-4-13(17-9-12)11-5-7-16-8-6-11/h3-10H,1-2H3.